The van der Waals surface area contributed by atoms with Crippen LogP contribution in [0.15, 0.2) is 29.3 Å². The summed E-state index contributed by atoms with van der Waals surface area (Å²) in [7, 11) is 0. The molecule has 3 rings (SSSR count). The second-order valence-corrected chi connectivity index (χ2v) is 5.78. The van der Waals surface area contributed by atoms with Gasteiger partial charge in [0.25, 0.3) is 5.91 Å². The number of amides is 1. The van der Waals surface area contributed by atoms with Crippen LogP contribution < -0.4 is 5.32 Å². The Morgan fingerprint density at radius 2 is 2.25 bits per heavy atom. The standard InChI is InChI=1S/C14H13BrFN3O/c1-8-4-11(16)10(14(20)18-9-2-3-9)5-12(8)19-6-13(15)17-7-19/h4-7,9H,2-3H2,1H3,(H,18,20). The van der Waals surface area contributed by atoms with E-state index in [0.717, 1.165) is 24.1 Å². The summed E-state index contributed by atoms with van der Waals surface area (Å²) in [4.78, 5) is 16.1. The van der Waals surface area contributed by atoms with Gasteiger partial charge in [0, 0.05) is 12.2 Å². The van der Waals surface area contributed by atoms with E-state index < -0.39 is 5.82 Å². The summed E-state index contributed by atoms with van der Waals surface area (Å²) in [5.41, 5.74) is 1.56. The lowest BCUT2D eigenvalue weighted by Crippen LogP contribution is -2.26. The van der Waals surface area contributed by atoms with E-state index in [1.807, 2.05) is 0 Å². The summed E-state index contributed by atoms with van der Waals surface area (Å²) >= 11 is 3.27. The average Bonchev–Trinajstić information content (AvgIpc) is 3.09. The quantitative estimate of drug-likeness (QED) is 0.935. The van der Waals surface area contributed by atoms with Crippen molar-refractivity contribution in [3.8, 4) is 5.69 Å². The zero-order valence-corrected chi connectivity index (χ0v) is 12.4. The van der Waals surface area contributed by atoms with Crippen molar-refractivity contribution in [1.82, 2.24) is 14.9 Å². The molecule has 0 radical (unpaired) electrons. The molecule has 1 aliphatic rings. The van der Waals surface area contributed by atoms with E-state index in [1.165, 1.54) is 6.07 Å². The first-order valence-corrected chi connectivity index (χ1v) is 7.15. The average molecular weight is 338 g/mol. The topological polar surface area (TPSA) is 46.9 Å². The molecule has 0 bridgehead atoms. The van der Waals surface area contributed by atoms with E-state index in [1.54, 1.807) is 30.1 Å². The third kappa shape index (κ3) is 2.60. The highest BCUT2D eigenvalue weighted by molar-refractivity contribution is 9.10. The predicted octanol–water partition coefficient (Wildman–Crippen LogP) is 2.97. The van der Waals surface area contributed by atoms with Gasteiger partial charge >= 0.3 is 0 Å². The maximum atomic E-state index is 14.0. The molecule has 1 N–H and O–H groups in total. The van der Waals surface area contributed by atoms with Crippen LogP contribution in [0.4, 0.5) is 4.39 Å². The minimum Gasteiger partial charge on any atom is -0.349 e. The number of nitrogens with zero attached hydrogens (tertiary/aromatic N) is 2. The number of hydrogen-bond acceptors (Lipinski definition) is 2. The largest absolute Gasteiger partial charge is 0.349 e. The number of imidazole rings is 1. The summed E-state index contributed by atoms with van der Waals surface area (Å²) < 4.78 is 16.4. The lowest BCUT2D eigenvalue weighted by molar-refractivity contribution is 0.0947. The van der Waals surface area contributed by atoms with Gasteiger partial charge in [-0.3, -0.25) is 4.79 Å². The first kappa shape index (κ1) is 13.3. The second-order valence-electron chi connectivity index (χ2n) is 4.97. The maximum absolute atomic E-state index is 14.0. The van der Waals surface area contributed by atoms with Crippen molar-refractivity contribution in [3.05, 3.63) is 46.2 Å². The molecule has 0 aliphatic heterocycles. The summed E-state index contributed by atoms with van der Waals surface area (Å²) in [6.07, 6.45) is 5.33. The molecule has 1 aromatic carbocycles. The Morgan fingerprint density at radius 1 is 1.50 bits per heavy atom. The van der Waals surface area contributed by atoms with Gasteiger partial charge in [0.2, 0.25) is 0 Å². The van der Waals surface area contributed by atoms with Crippen LogP contribution >= 0.6 is 15.9 Å². The number of hydrogen-bond donors (Lipinski definition) is 1. The Labute approximate surface area is 124 Å². The Morgan fingerprint density at radius 3 is 2.85 bits per heavy atom. The summed E-state index contributed by atoms with van der Waals surface area (Å²) in [6.45, 7) is 1.80. The van der Waals surface area contributed by atoms with Gasteiger partial charge in [-0.2, -0.15) is 0 Å². The van der Waals surface area contributed by atoms with Crippen LogP contribution in [0, 0.1) is 12.7 Å². The van der Waals surface area contributed by atoms with Crippen molar-refractivity contribution in [2.45, 2.75) is 25.8 Å². The Bertz CT molecular complexity index is 679. The Balaban J connectivity index is 2.00. The number of aryl methyl sites for hydroxylation is 1. The molecular weight excluding hydrogens is 325 g/mol. The Kier molecular flexibility index (Phi) is 3.33. The fourth-order valence-electron chi connectivity index (χ4n) is 2.03. The van der Waals surface area contributed by atoms with Crippen molar-refractivity contribution < 1.29 is 9.18 Å². The highest BCUT2D eigenvalue weighted by Crippen LogP contribution is 2.23. The molecule has 0 atom stereocenters. The molecular formula is C14H13BrFN3O. The molecule has 1 fully saturated rings. The molecule has 6 heteroatoms. The van der Waals surface area contributed by atoms with Crippen molar-refractivity contribution in [1.29, 1.82) is 0 Å². The van der Waals surface area contributed by atoms with Crippen LogP contribution in [0.25, 0.3) is 5.69 Å². The maximum Gasteiger partial charge on any atom is 0.254 e. The minimum absolute atomic E-state index is 0.0716. The second kappa shape index (κ2) is 5.01. The van der Waals surface area contributed by atoms with Crippen molar-refractivity contribution >= 4 is 21.8 Å². The zero-order valence-electron chi connectivity index (χ0n) is 10.9. The number of halogens is 2. The van der Waals surface area contributed by atoms with E-state index in [-0.39, 0.29) is 17.5 Å². The van der Waals surface area contributed by atoms with E-state index in [4.69, 9.17) is 0 Å². The lowest BCUT2D eigenvalue weighted by atomic mass is 10.1. The zero-order chi connectivity index (χ0) is 14.3. The molecule has 4 nitrogen and oxygen atoms in total. The van der Waals surface area contributed by atoms with Crippen LogP contribution in [0.3, 0.4) is 0 Å². The normalized spacial score (nSPS) is 14.3. The first-order chi connectivity index (χ1) is 9.54. The van der Waals surface area contributed by atoms with Gasteiger partial charge in [-0.05, 0) is 53.4 Å². The van der Waals surface area contributed by atoms with Gasteiger partial charge in [0.1, 0.15) is 16.7 Å². The van der Waals surface area contributed by atoms with Gasteiger partial charge < -0.3 is 9.88 Å². The van der Waals surface area contributed by atoms with Gasteiger partial charge in [-0.15, -0.1) is 0 Å². The van der Waals surface area contributed by atoms with Crippen LogP contribution in [0.2, 0.25) is 0 Å². The van der Waals surface area contributed by atoms with Crippen molar-refractivity contribution in [2.24, 2.45) is 0 Å². The van der Waals surface area contributed by atoms with Gasteiger partial charge in [-0.1, -0.05) is 0 Å². The van der Waals surface area contributed by atoms with Gasteiger partial charge in [0.15, 0.2) is 0 Å². The summed E-state index contributed by atoms with van der Waals surface area (Å²) in [6, 6.07) is 3.15. The molecule has 1 aliphatic carbocycles. The lowest BCUT2D eigenvalue weighted by Gasteiger charge is -2.11. The van der Waals surface area contributed by atoms with E-state index in [0.29, 0.717) is 4.60 Å². The molecule has 20 heavy (non-hydrogen) atoms. The SMILES string of the molecule is Cc1cc(F)c(C(=O)NC2CC2)cc1-n1cnc(Br)c1. The van der Waals surface area contributed by atoms with Crippen LogP contribution in [0.1, 0.15) is 28.8 Å². The number of nitrogens with one attached hydrogen (secondary N) is 1. The first-order valence-electron chi connectivity index (χ1n) is 6.35. The number of benzene rings is 1. The molecule has 0 spiro atoms. The van der Waals surface area contributed by atoms with Crippen LogP contribution in [0.5, 0.6) is 0 Å². The smallest absolute Gasteiger partial charge is 0.254 e. The molecule has 1 amide bonds. The highest BCUT2D eigenvalue weighted by atomic mass is 79.9. The van der Waals surface area contributed by atoms with Crippen molar-refractivity contribution in [2.75, 3.05) is 0 Å². The molecule has 1 heterocycles. The van der Waals surface area contributed by atoms with E-state index in [2.05, 4.69) is 26.2 Å². The fraction of sp³-hybridized carbons (Fsp3) is 0.286. The van der Waals surface area contributed by atoms with Gasteiger partial charge in [-0.25, -0.2) is 9.37 Å². The van der Waals surface area contributed by atoms with Gasteiger partial charge in [0.05, 0.1) is 11.3 Å². The molecule has 1 aromatic heterocycles. The highest BCUT2D eigenvalue weighted by Gasteiger charge is 2.25. The fourth-order valence-corrected chi connectivity index (χ4v) is 2.35. The minimum atomic E-state index is -0.497. The monoisotopic (exact) mass is 337 g/mol. The molecule has 1 saturated carbocycles. The van der Waals surface area contributed by atoms with E-state index >= 15 is 0 Å². The third-order valence-corrected chi connectivity index (χ3v) is 3.68. The number of carbonyl (C=O) groups is 1. The van der Waals surface area contributed by atoms with Crippen LogP contribution in [-0.2, 0) is 0 Å². The number of carbonyl (C=O) groups excluding carboxylic acids is 1. The predicted molar refractivity (Wildman–Crippen MR) is 76.4 cm³/mol. The number of aromatic nitrogens is 2. The number of rotatable bonds is 3. The Hall–Kier alpha value is -1.69. The molecule has 0 unspecified atom stereocenters. The van der Waals surface area contributed by atoms with Crippen LogP contribution in [-0.4, -0.2) is 21.5 Å². The third-order valence-electron chi connectivity index (χ3n) is 3.27. The van der Waals surface area contributed by atoms with Crippen molar-refractivity contribution in [3.63, 3.8) is 0 Å². The summed E-state index contributed by atoms with van der Waals surface area (Å²) in [5, 5.41) is 2.80. The summed E-state index contributed by atoms with van der Waals surface area (Å²) in [5.74, 6) is -0.853. The molecule has 0 saturated heterocycles. The van der Waals surface area contributed by atoms with E-state index in [9.17, 15) is 9.18 Å². The molecule has 104 valence electrons. The molecule has 2 aromatic rings.